The maximum Gasteiger partial charge on any atom is 0.242 e. The maximum atomic E-state index is 11.9. The molecule has 0 unspecified atom stereocenters. The van der Waals surface area contributed by atoms with Gasteiger partial charge in [-0.1, -0.05) is 6.07 Å². The summed E-state index contributed by atoms with van der Waals surface area (Å²) in [7, 11) is 3.39. The van der Waals surface area contributed by atoms with Gasteiger partial charge >= 0.3 is 0 Å². The molecule has 0 aliphatic carbocycles. The van der Waals surface area contributed by atoms with Gasteiger partial charge in [-0.15, -0.1) is 35.3 Å². The van der Waals surface area contributed by atoms with Crippen molar-refractivity contribution in [3.8, 4) is 0 Å². The average molecular weight is 495 g/mol. The molecule has 0 saturated heterocycles. The molecule has 1 aromatic rings. The molecule has 0 spiro atoms. The predicted molar refractivity (Wildman–Crippen MR) is 118 cm³/mol. The lowest BCUT2D eigenvalue weighted by Crippen LogP contribution is -2.45. The molecule has 148 valence electrons. The number of carbonyl (C=O) groups is 2. The van der Waals surface area contributed by atoms with Crippen LogP contribution in [0.2, 0.25) is 0 Å². The second-order valence-electron chi connectivity index (χ2n) is 6.86. The first-order chi connectivity index (χ1) is 11.7. The monoisotopic (exact) mass is 495 g/mol. The topological polar surface area (TPSA) is 85.8 Å². The van der Waals surface area contributed by atoms with Gasteiger partial charge in [0, 0.05) is 31.1 Å². The summed E-state index contributed by atoms with van der Waals surface area (Å²) in [6, 6.07) is 4.09. The third kappa shape index (κ3) is 11.3. The number of guanidine groups is 1. The van der Waals surface area contributed by atoms with Gasteiger partial charge in [-0.05, 0) is 38.6 Å². The number of aliphatic imine (C=N–C) groups is 1. The Labute approximate surface area is 177 Å². The van der Waals surface area contributed by atoms with E-state index in [2.05, 4.69) is 27.0 Å². The highest BCUT2D eigenvalue weighted by Crippen LogP contribution is 2.07. The fourth-order valence-electron chi connectivity index (χ4n) is 1.86. The highest BCUT2D eigenvalue weighted by molar-refractivity contribution is 14.0. The van der Waals surface area contributed by atoms with Crippen molar-refractivity contribution in [2.75, 3.05) is 33.7 Å². The Hall–Kier alpha value is -1.36. The van der Waals surface area contributed by atoms with Gasteiger partial charge in [0.25, 0.3) is 0 Å². The maximum absolute atomic E-state index is 11.9. The SMILES string of the molecule is CN(C)C(=O)CNC(=NCC(=O)NC(C)(C)C)NCCc1cccs1.I. The zero-order chi connectivity index (χ0) is 18.9. The Balaban J connectivity index is 0.00000625. The normalized spacial score (nSPS) is 11.3. The lowest BCUT2D eigenvalue weighted by Gasteiger charge is -2.20. The van der Waals surface area contributed by atoms with Crippen LogP contribution in [0.25, 0.3) is 0 Å². The van der Waals surface area contributed by atoms with Crippen LogP contribution in [-0.4, -0.2) is 61.9 Å². The van der Waals surface area contributed by atoms with Crippen LogP contribution in [0.15, 0.2) is 22.5 Å². The van der Waals surface area contributed by atoms with Crippen LogP contribution in [0, 0.1) is 0 Å². The number of thiophene rings is 1. The molecule has 2 amide bonds. The summed E-state index contributed by atoms with van der Waals surface area (Å²) in [5, 5.41) is 11.0. The number of halogens is 1. The number of amides is 2. The largest absolute Gasteiger partial charge is 0.356 e. The Morgan fingerprint density at radius 1 is 1.23 bits per heavy atom. The molecule has 0 fully saturated rings. The first kappa shape index (κ1) is 24.6. The van der Waals surface area contributed by atoms with Crippen molar-refractivity contribution in [3.63, 3.8) is 0 Å². The van der Waals surface area contributed by atoms with Crippen LogP contribution in [-0.2, 0) is 16.0 Å². The smallest absolute Gasteiger partial charge is 0.242 e. The van der Waals surface area contributed by atoms with Crippen molar-refractivity contribution in [1.29, 1.82) is 0 Å². The van der Waals surface area contributed by atoms with Crippen LogP contribution >= 0.6 is 35.3 Å². The summed E-state index contributed by atoms with van der Waals surface area (Å²) in [5.41, 5.74) is -0.298. The number of nitrogens with zero attached hydrogens (tertiary/aromatic N) is 2. The Kier molecular flexibility index (Phi) is 11.5. The predicted octanol–water partition coefficient (Wildman–Crippen LogP) is 1.45. The van der Waals surface area contributed by atoms with Gasteiger partial charge in [-0.25, -0.2) is 4.99 Å². The standard InChI is InChI=1S/C17H29N5O2S.HI/c1-17(2,3)21-14(23)11-19-16(20-12-15(24)22(4)5)18-9-8-13-7-6-10-25-13;/h6-7,10H,8-9,11-12H2,1-5H3,(H,21,23)(H2,18,19,20);1H. The molecule has 0 bridgehead atoms. The van der Waals surface area contributed by atoms with E-state index >= 15 is 0 Å². The molecule has 1 rings (SSSR count). The van der Waals surface area contributed by atoms with Crippen molar-refractivity contribution >= 4 is 53.1 Å². The second-order valence-corrected chi connectivity index (χ2v) is 7.89. The summed E-state index contributed by atoms with van der Waals surface area (Å²) in [4.78, 5) is 30.7. The minimum atomic E-state index is -0.298. The molecule has 0 atom stereocenters. The molecule has 1 aromatic heterocycles. The Morgan fingerprint density at radius 2 is 1.92 bits per heavy atom. The van der Waals surface area contributed by atoms with E-state index in [1.165, 1.54) is 9.78 Å². The van der Waals surface area contributed by atoms with Crippen molar-refractivity contribution in [3.05, 3.63) is 22.4 Å². The van der Waals surface area contributed by atoms with E-state index in [9.17, 15) is 9.59 Å². The summed E-state index contributed by atoms with van der Waals surface area (Å²) in [6.07, 6.45) is 0.855. The molecular formula is C17H30IN5O2S. The fraction of sp³-hybridized carbons (Fsp3) is 0.588. The zero-order valence-corrected chi connectivity index (χ0v) is 19.2. The van der Waals surface area contributed by atoms with Crippen LogP contribution in [0.4, 0.5) is 0 Å². The van der Waals surface area contributed by atoms with Crippen molar-refractivity contribution in [2.45, 2.75) is 32.7 Å². The third-order valence-corrected chi connectivity index (χ3v) is 3.98. The number of hydrogen-bond acceptors (Lipinski definition) is 4. The van der Waals surface area contributed by atoms with Crippen molar-refractivity contribution in [1.82, 2.24) is 20.9 Å². The number of likely N-dealkylation sites (N-methyl/N-ethyl adjacent to an activating group) is 1. The Morgan fingerprint density at radius 3 is 2.46 bits per heavy atom. The van der Waals surface area contributed by atoms with Gasteiger partial charge < -0.3 is 20.9 Å². The van der Waals surface area contributed by atoms with Crippen LogP contribution in [0.3, 0.4) is 0 Å². The highest BCUT2D eigenvalue weighted by atomic mass is 127. The third-order valence-electron chi connectivity index (χ3n) is 3.05. The van der Waals surface area contributed by atoms with Crippen molar-refractivity contribution in [2.24, 2.45) is 4.99 Å². The lowest BCUT2D eigenvalue weighted by molar-refractivity contribution is -0.127. The number of rotatable bonds is 7. The van der Waals surface area contributed by atoms with E-state index in [0.717, 1.165) is 6.42 Å². The molecule has 0 aromatic carbocycles. The second kappa shape index (κ2) is 12.1. The number of nitrogens with one attached hydrogen (secondary N) is 3. The first-order valence-corrected chi connectivity index (χ1v) is 9.11. The van der Waals surface area contributed by atoms with Crippen LogP contribution < -0.4 is 16.0 Å². The molecule has 3 N–H and O–H groups in total. The summed E-state index contributed by atoms with van der Waals surface area (Å²) >= 11 is 1.70. The first-order valence-electron chi connectivity index (χ1n) is 8.23. The summed E-state index contributed by atoms with van der Waals surface area (Å²) in [6.45, 7) is 6.55. The van der Waals surface area contributed by atoms with Gasteiger partial charge in [0.15, 0.2) is 5.96 Å². The Bertz CT molecular complexity index is 582. The van der Waals surface area contributed by atoms with Gasteiger partial charge in [-0.3, -0.25) is 9.59 Å². The molecule has 0 radical (unpaired) electrons. The molecule has 1 heterocycles. The van der Waals surface area contributed by atoms with Crippen molar-refractivity contribution < 1.29 is 9.59 Å². The molecule has 9 heteroatoms. The minimum absolute atomic E-state index is 0. The van der Waals surface area contributed by atoms with E-state index in [1.54, 1.807) is 25.4 Å². The minimum Gasteiger partial charge on any atom is -0.356 e. The number of hydrogen-bond donors (Lipinski definition) is 3. The molecule has 0 aliphatic rings. The summed E-state index contributed by atoms with van der Waals surface area (Å²) in [5.74, 6) is 0.230. The highest BCUT2D eigenvalue weighted by Gasteiger charge is 2.13. The van der Waals surface area contributed by atoms with Crippen LogP contribution in [0.1, 0.15) is 25.6 Å². The van der Waals surface area contributed by atoms with Gasteiger partial charge in [0.1, 0.15) is 6.54 Å². The molecular weight excluding hydrogens is 465 g/mol. The van der Waals surface area contributed by atoms with Gasteiger partial charge in [0.05, 0.1) is 6.54 Å². The zero-order valence-electron chi connectivity index (χ0n) is 16.1. The van der Waals surface area contributed by atoms with Gasteiger partial charge in [0.2, 0.25) is 11.8 Å². The molecule has 7 nitrogen and oxygen atoms in total. The lowest BCUT2D eigenvalue weighted by atomic mass is 10.1. The molecule has 0 saturated carbocycles. The molecule has 26 heavy (non-hydrogen) atoms. The quantitative estimate of drug-likeness (QED) is 0.304. The molecule has 0 aliphatic heterocycles. The average Bonchev–Trinajstić information content (AvgIpc) is 3.00. The van der Waals surface area contributed by atoms with E-state index in [1.807, 2.05) is 32.2 Å². The van der Waals surface area contributed by atoms with E-state index in [4.69, 9.17) is 0 Å². The van der Waals surface area contributed by atoms with E-state index in [0.29, 0.717) is 12.5 Å². The fourth-order valence-corrected chi connectivity index (χ4v) is 2.57. The van der Waals surface area contributed by atoms with E-state index < -0.39 is 0 Å². The van der Waals surface area contributed by atoms with E-state index in [-0.39, 0.29) is 54.4 Å². The van der Waals surface area contributed by atoms with Gasteiger partial charge in [-0.2, -0.15) is 0 Å². The van der Waals surface area contributed by atoms with Crippen LogP contribution in [0.5, 0.6) is 0 Å². The number of carbonyl (C=O) groups excluding carboxylic acids is 2. The summed E-state index contributed by atoms with van der Waals surface area (Å²) < 4.78 is 0.